The molecule has 2 aromatic carbocycles. The van der Waals surface area contributed by atoms with Crippen molar-refractivity contribution in [1.82, 2.24) is 20.1 Å². The van der Waals surface area contributed by atoms with Crippen LogP contribution in [0.5, 0.6) is 0 Å². The first-order valence-corrected chi connectivity index (χ1v) is 15.1. The largest absolute Gasteiger partial charge is 0.415 e. The van der Waals surface area contributed by atoms with E-state index in [1.807, 2.05) is 35.2 Å². The Morgan fingerprint density at radius 3 is 2.41 bits per heavy atom. The molecule has 3 aliphatic heterocycles. The van der Waals surface area contributed by atoms with E-state index in [9.17, 15) is 22.6 Å². The van der Waals surface area contributed by atoms with E-state index in [-0.39, 0.29) is 30.6 Å². The van der Waals surface area contributed by atoms with Crippen LogP contribution in [0.4, 0.5) is 25.8 Å². The van der Waals surface area contributed by atoms with Gasteiger partial charge in [-0.2, -0.15) is 8.78 Å². The highest BCUT2D eigenvalue weighted by Crippen LogP contribution is 2.41. The number of hydrogen-bond donors (Lipinski definition) is 1. The first-order chi connectivity index (χ1) is 19.7. The van der Waals surface area contributed by atoms with Crippen LogP contribution in [0, 0.1) is 4.78 Å². The van der Waals surface area contributed by atoms with Crippen LogP contribution in [-0.4, -0.2) is 67.0 Å². The zero-order chi connectivity index (χ0) is 28.5. The minimum atomic E-state index is -2.87. The lowest BCUT2D eigenvalue weighted by atomic mass is 10.1. The Hall–Kier alpha value is -4.04. The van der Waals surface area contributed by atoms with Crippen molar-refractivity contribution in [1.29, 1.82) is 4.78 Å². The van der Waals surface area contributed by atoms with Crippen molar-refractivity contribution in [2.75, 3.05) is 34.4 Å². The Morgan fingerprint density at radius 1 is 1.02 bits per heavy atom. The summed E-state index contributed by atoms with van der Waals surface area (Å²) >= 11 is 0. The van der Waals surface area contributed by atoms with Gasteiger partial charge in [-0.15, -0.1) is 10.2 Å². The van der Waals surface area contributed by atoms with Crippen molar-refractivity contribution in [2.45, 2.75) is 37.5 Å². The molecule has 3 saturated heterocycles. The third-order valence-corrected chi connectivity index (χ3v) is 10.0. The maximum Gasteiger partial charge on any atom is 0.314 e. The number of para-hydroxylation sites is 1. The van der Waals surface area contributed by atoms with Gasteiger partial charge in [-0.25, -0.2) is 4.21 Å². The normalized spacial score (nSPS) is 25.7. The SMILES string of the molecule is N=S1(=O)CC(N2C[C@@H]3C[C@H]2CN3c2c(N(Cc3ccc(-c4nnc(C(F)F)o4)cn3)c3ccccc3)c(=O)c2=O)C1. The Labute approximate surface area is 233 Å². The molecule has 2 atom stereocenters. The summed E-state index contributed by atoms with van der Waals surface area (Å²) in [5, 5.41) is 6.99. The quantitative estimate of drug-likeness (QED) is 0.309. The highest BCUT2D eigenvalue weighted by Gasteiger charge is 2.51. The minimum absolute atomic E-state index is 0.0620. The first-order valence-electron chi connectivity index (χ1n) is 13.2. The topological polar surface area (TPSA) is 137 Å². The van der Waals surface area contributed by atoms with E-state index in [1.165, 1.54) is 6.20 Å². The third-order valence-electron chi connectivity index (χ3n) is 8.18. The summed E-state index contributed by atoms with van der Waals surface area (Å²) in [6, 6.07) is 13.0. The van der Waals surface area contributed by atoms with Crippen molar-refractivity contribution in [3.05, 3.63) is 80.7 Å². The number of alkyl halides is 2. The molecular formula is C27H25F2N7O4S. The number of benzene rings is 1. The molecule has 2 aromatic heterocycles. The summed E-state index contributed by atoms with van der Waals surface area (Å²) in [7, 11) is -2.44. The zero-order valence-electron chi connectivity index (χ0n) is 21.7. The maximum atomic E-state index is 13.1. The lowest BCUT2D eigenvalue weighted by molar-refractivity contribution is 0.116. The second-order valence-corrected chi connectivity index (χ2v) is 13.0. The van der Waals surface area contributed by atoms with Gasteiger partial charge in [0.2, 0.25) is 5.89 Å². The lowest BCUT2D eigenvalue weighted by Crippen LogP contribution is -2.60. The van der Waals surface area contributed by atoms with E-state index in [1.54, 1.807) is 17.0 Å². The van der Waals surface area contributed by atoms with Crippen LogP contribution in [0.3, 0.4) is 0 Å². The molecule has 0 amide bonds. The van der Waals surface area contributed by atoms with Gasteiger partial charge in [-0.1, -0.05) is 18.2 Å². The molecule has 0 radical (unpaired) electrons. The van der Waals surface area contributed by atoms with Gasteiger partial charge in [-0.3, -0.25) is 24.3 Å². The van der Waals surface area contributed by atoms with Crippen LogP contribution in [0.15, 0.2) is 62.7 Å². The number of pyridine rings is 1. The van der Waals surface area contributed by atoms with Gasteiger partial charge in [0, 0.05) is 64.3 Å². The number of hydrogen-bond acceptors (Lipinski definition) is 11. The van der Waals surface area contributed by atoms with Crippen LogP contribution >= 0.6 is 0 Å². The van der Waals surface area contributed by atoms with Crippen molar-refractivity contribution in [3.8, 4) is 11.5 Å². The summed E-state index contributed by atoms with van der Waals surface area (Å²) in [4.78, 5) is 36.7. The smallest absolute Gasteiger partial charge is 0.314 e. The molecule has 0 spiro atoms. The van der Waals surface area contributed by atoms with Crippen molar-refractivity contribution in [3.63, 3.8) is 0 Å². The van der Waals surface area contributed by atoms with Crippen LogP contribution < -0.4 is 20.7 Å². The molecule has 4 aromatic rings. The average Bonchev–Trinajstić information content (AvgIpc) is 3.70. The van der Waals surface area contributed by atoms with Crippen LogP contribution in [0.1, 0.15) is 24.4 Å². The predicted molar refractivity (Wildman–Crippen MR) is 147 cm³/mol. The summed E-state index contributed by atoms with van der Waals surface area (Å²) in [6.45, 7) is 1.49. The number of aromatic nitrogens is 3. The molecule has 14 heteroatoms. The van der Waals surface area contributed by atoms with Crippen LogP contribution in [0.2, 0.25) is 0 Å². The Morgan fingerprint density at radius 2 is 1.80 bits per heavy atom. The average molecular weight is 582 g/mol. The fraction of sp³-hybridized carbons (Fsp3) is 0.370. The van der Waals surface area contributed by atoms with Crippen molar-refractivity contribution in [2.24, 2.45) is 0 Å². The maximum absolute atomic E-state index is 13.1. The van der Waals surface area contributed by atoms with Crippen LogP contribution in [0.25, 0.3) is 11.5 Å². The zero-order valence-corrected chi connectivity index (χ0v) is 22.5. The lowest BCUT2D eigenvalue weighted by Gasteiger charge is -2.44. The molecule has 0 unspecified atom stereocenters. The molecule has 7 rings (SSSR count). The summed E-state index contributed by atoms with van der Waals surface area (Å²) in [5.74, 6) is -0.0482. The Kier molecular flexibility index (Phi) is 6.01. The number of fused-ring (bicyclic) bond motifs is 2. The molecule has 0 aliphatic carbocycles. The van der Waals surface area contributed by atoms with Crippen molar-refractivity contribution < 1.29 is 17.4 Å². The number of rotatable bonds is 8. The summed E-state index contributed by atoms with van der Waals surface area (Å²) in [6.07, 6.45) is -0.583. The van der Waals surface area contributed by atoms with E-state index >= 15 is 0 Å². The highest BCUT2D eigenvalue weighted by molar-refractivity contribution is 7.93. The summed E-state index contributed by atoms with van der Waals surface area (Å²) in [5.41, 5.74) is 1.33. The first kappa shape index (κ1) is 25.9. The molecule has 11 nitrogen and oxygen atoms in total. The fourth-order valence-corrected chi connectivity index (χ4v) is 7.75. The number of anilines is 3. The van der Waals surface area contributed by atoms with Gasteiger partial charge in [0.15, 0.2) is 0 Å². The number of nitrogens with one attached hydrogen (secondary N) is 1. The van der Waals surface area contributed by atoms with Crippen LogP contribution in [-0.2, 0) is 16.3 Å². The monoisotopic (exact) mass is 581 g/mol. The highest BCUT2D eigenvalue weighted by atomic mass is 32.2. The number of nitrogens with zero attached hydrogens (tertiary/aromatic N) is 6. The molecule has 3 fully saturated rings. The van der Waals surface area contributed by atoms with Gasteiger partial charge in [0.05, 0.1) is 17.8 Å². The third kappa shape index (κ3) is 4.41. The van der Waals surface area contributed by atoms with Gasteiger partial charge < -0.3 is 14.2 Å². The summed E-state index contributed by atoms with van der Waals surface area (Å²) < 4.78 is 50.4. The van der Waals surface area contributed by atoms with E-state index < -0.39 is 32.9 Å². The molecular weight excluding hydrogens is 556 g/mol. The van der Waals surface area contributed by atoms with Gasteiger partial charge in [0.1, 0.15) is 11.4 Å². The molecule has 41 heavy (non-hydrogen) atoms. The Balaban J connectivity index is 1.16. The van der Waals surface area contributed by atoms with E-state index in [0.29, 0.717) is 47.2 Å². The standard InChI is InChI=1S/C27H25F2N7O4S/c28-25(29)27-33-32-26(40-27)15-6-7-16(31-9-15)10-35(17-4-2-1-3-5-17)21-22(24(38)23(21)37)36-12-18-8-19(36)11-34(18)20-13-41(30,39)14-20/h1-7,9,18-20,25,30H,8,10-14H2/t18-,19-,20?,41?/m0/s1. The minimum Gasteiger partial charge on any atom is -0.415 e. The number of piperazine rings is 1. The van der Waals surface area contributed by atoms with Gasteiger partial charge >= 0.3 is 6.43 Å². The number of halogens is 2. The van der Waals surface area contributed by atoms with Crippen molar-refractivity contribution >= 4 is 26.8 Å². The second-order valence-electron chi connectivity index (χ2n) is 10.8. The van der Waals surface area contributed by atoms with E-state index in [2.05, 4.69) is 20.1 Å². The molecule has 0 saturated carbocycles. The van der Waals surface area contributed by atoms with Gasteiger partial charge in [0.25, 0.3) is 16.7 Å². The molecule has 212 valence electrons. The fourth-order valence-electron chi connectivity index (χ4n) is 6.22. The molecule has 5 heterocycles. The Bertz CT molecular complexity index is 1780. The predicted octanol–water partition coefficient (Wildman–Crippen LogP) is 2.70. The molecule has 3 aliphatic rings. The second kappa shape index (κ2) is 9.52. The van der Waals surface area contributed by atoms with E-state index in [4.69, 9.17) is 9.20 Å². The molecule has 2 bridgehead atoms. The van der Waals surface area contributed by atoms with E-state index in [0.717, 1.165) is 12.1 Å². The van der Waals surface area contributed by atoms with Gasteiger partial charge in [-0.05, 0) is 30.7 Å². The number of likely N-dealkylation sites (tertiary alicyclic amines) is 1. The molecule has 1 N–H and O–H groups in total.